The van der Waals surface area contributed by atoms with Gasteiger partial charge in [-0.05, 0) is 68.0 Å². The second kappa shape index (κ2) is 8.92. The Morgan fingerprint density at radius 1 is 1.15 bits per heavy atom. The number of rotatable bonds is 5. The van der Waals surface area contributed by atoms with E-state index in [2.05, 4.69) is 5.32 Å². The summed E-state index contributed by atoms with van der Waals surface area (Å²) in [6, 6.07) is 3.28. The lowest BCUT2D eigenvalue weighted by atomic mass is 10.0. The highest BCUT2D eigenvalue weighted by Crippen LogP contribution is 2.29. The van der Waals surface area contributed by atoms with Crippen molar-refractivity contribution in [1.82, 2.24) is 5.32 Å². The van der Waals surface area contributed by atoms with Gasteiger partial charge in [0.2, 0.25) is 0 Å². The number of alkyl carbamates (subject to hydrolysis) is 1. The smallest absolute Gasteiger partial charge is 0.416 e. The van der Waals surface area contributed by atoms with Gasteiger partial charge in [-0.1, -0.05) is 12.1 Å². The molecule has 0 aliphatic heterocycles. The zero-order chi connectivity index (χ0) is 20.1. The molecular weight excluding hydrogens is 466 g/mol. The van der Waals surface area contributed by atoms with E-state index in [0.717, 1.165) is 12.1 Å². The minimum absolute atomic E-state index is 0.0282. The van der Waals surface area contributed by atoms with Crippen molar-refractivity contribution in [3.05, 3.63) is 35.4 Å². The summed E-state index contributed by atoms with van der Waals surface area (Å²) in [5, 5.41) is 2.41. The van der Waals surface area contributed by atoms with Gasteiger partial charge in [0.15, 0.2) is 0 Å². The van der Waals surface area contributed by atoms with Gasteiger partial charge in [0.25, 0.3) is 0 Å². The highest BCUT2D eigenvalue weighted by Gasteiger charge is 2.31. The van der Waals surface area contributed by atoms with Crippen LogP contribution in [0.3, 0.4) is 0 Å². The van der Waals surface area contributed by atoms with Crippen LogP contribution < -0.4 is 5.32 Å². The zero-order valence-electron chi connectivity index (χ0n) is 14.8. The van der Waals surface area contributed by atoms with Crippen molar-refractivity contribution in [2.45, 2.75) is 56.0 Å². The van der Waals surface area contributed by atoms with Crippen LogP contribution in [0, 0.1) is 0 Å². The number of alkyl halides is 4. The molecule has 0 spiro atoms. The number of ether oxygens (including phenoxy) is 2. The van der Waals surface area contributed by atoms with E-state index in [9.17, 15) is 22.8 Å². The molecule has 1 unspecified atom stereocenters. The van der Waals surface area contributed by atoms with Gasteiger partial charge in [-0.25, -0.2) is 9.59 Å². The molecule has 5 nitrogen and oxygen atoms in total. The van der Waals surface area contributed by atoms with Crippen LogP contribution in [0.15, 0.2) is 24.3 Å². The van der Waals surface area contributed by atoms with Gasteiger partial charge in [0, 0.05) is 6.42 Å². The molecule has 1 rings (SSSR count). The molecule has 2 atom stereocenters. The van der Waals surface area contributed by atoms with Crippen molar-refractivity contribution in [3.63, 3.8) is 0 Å². The highest BCUT2D eigenvalue weighted by atomic mass is 127. The molecule has 146 valence electrons. The average molecular weight is 487 g/mol. The van der Waals surface area contributed by atoms with Gasteiger partial charge in [0.1, 0.15) is 15.8 Å². The molecule has 9 heteroatoms. The number of carbonyl (C=O) groups excluding carboxylic acids is 2. The molecular formula is C17H21F3INO4. The topological polar surface area (TPSA) is 64.6 Å². The van der Waals surface area contributed by atoms with Crippen LogP contribution >= 0.6 is 22.6 Å². The molecule has 0 bridgehead atoms. The maximum absolute atomic E-state index is 12.6. The molecule has 0 radical (unpaired) electrons. The van der Waals surface area contributed by atoms with E-state index in [4.69, 9.17) is 9.47 Å². The van der Waals surface area contributed by atoms with Gasteiger partial charge in [-0.15, -0.1) is 0 Å². The molecule has 0 aliphatic carbocycles. The van der Waals surface area contributed by atoms with Crippen LogP contribution in [-0.4, -0.2) is 27.8 Å². The van der Waals surface area contributed by atoms with Crippen molar-refractivity contribution in [3.8, 4) is 0 Å². The molecule has 0 fully saturated rings. The largest absolute Gasteiger partial charge is 0.450 e. The van der Waals surface area contributed by atoms with Gasteiger partial charge < -0.3 is 14.8 Å². The quantitative estimate of drug-likeness (QED) is 0.379. The number of amides is 1. The lowest BCUT2D eigenvalue weighted by Gasteiger charge is -2.23. The highest BCUT2D eigenvalue weighted by molar-refractivity contribution is 14.1. The van der Waals surface area contributed by atoms with Crippen LogP contribution in [0.5, 0.6) is 0 Å². The predicted molar refractivity (Wildman–Crippen MR) is 97.9 cm³/mol. The Morgan fingerprint density at radius 2 is 1.69 bits per heavy atom. The Labute approximate surface area is 163 Å². The Bertz CT molecular complexity index is 624. The first-order valence-electron chi connectivity index (χ1n) is 7.78. The van der Waals surface area contributed by atoms with E-state index in [1.165, 1.54) is 12.1 Å². The van der Waals surface area contributed by atoms with Crippen molar-refractivity contribution >= 4 is 34.7 Å². The Hall–Kier alpha value is -1.52. The molecule has 0 heterocycles. The van der Waals surface area contributed by atoms with E-state index < -0.39 is 39.6 Å². The maximum Gasteiger partial charge on any atom is 0.416 e. The molecule has 26 heavy (non-hydrogen) atoms. The first kappa shape index (κ1) is 22.5. The minimum Gasteiger partial charge on any atom is -0.450 e. The third-order valence-electron chi connectivity index (χ3n) is 2.98. The normalized spacial score (nSPS) is 14.3. The summed E-state index contributed by atoms with van der Waals surface area (Å²) in [4.78, 5) is 24.2. The molecule has 0 saturated heterocycles. The van der Waals surface area contributed by atoms with Crippen molar-refractivity contribution in [2.75, 3.05) is 0 Å². The summed E-state index contributed by atoms with van der Waals surface area (Å²) in [6.45, 7) is 6.65. The molecule has 1 aromatic rings. The van der Waals surface area contributed by atoms with Gasteiger partial charge in [-0.2, -0.15) is 13.2 Å². The van der Waals surface area contributed by atoms with Gasteiger partial charge in [-0.3, -0.25) is 0 Å². The Morgan fingerprint density at radius 3 is 2.12 bits per heavy atom. The summed E-state index contributed by atoms with van der Waals surface area (Å²) < 4.78 is 47.7. The van der Waals surface area contributed by atoms with E-state index in [1.54, 1.807) is 27.7 Å². The first-order chi connectivity index (χ1) is 11.8. The fourth-order valence-electron chi connectivity index (χ4n) is 1.95. The fraction of sp³-hybridized carbons (Fsp3) is 0.529. The zero-order valence-corrected chi connectivity index (χ0v) is 17.0. The van der Waals surface area contributed by atoms with Crippen LogP contribution in [-0.2, 0) is 26.9 Å². The number of hydrogen-bond donors (Lipinski definition) is 1. The van der Waals surface area contributed by atoms with Crippen LogP contribution in [0.4, 0.5) is 18.0 Å². The Balaban J connectivity index is 2.91. The maximum atomic E-state index is 12.6. The molecule has 0 saturated carbocycles. The number of hydrogen-bond acceptors (Lipinski definition) is 4. The fourth-order valence-corrected chi connectivity index (χ4v) is 2.20. The molecule has 0 aromatic heterocycles. The number of carbonyl (C=O) groups is 2. The first-order valence-corrected chi connectivity index (χ1v) is 9.02. The lowest BCUT2D eigenvalue weighted by Crippen LogP contribution is -2.45. The summed E-state index contributed by atoms with van der Waals surface area (Å²) >= 11 is 1.88. The van der Waals surface area contributed by atoms with Crippen molar-refractivity contribution in [1.29, 1.82) is 0 Å². The number of halogens is 4. The lowest BCUT2D eigenvalue weighted by molar-refractivity contribution is -0.146. The van der Waals surface area contributed by atoms with E-state index in [1.807, 2.05) is 22.6 Å². The third-order valence-corrected chi connectivity index (χ3v) is 3.23. The van der Waals surface area contributed by atoms with Gasteiger partial charge in [0.05, 0.1) is 5.56 Å². The average Bonchev–Trinajstić information content (AvgIpc) is 2.43. The molecule has 1 amide bonds. The molecule has 1 N–H and O–H groups in total. The van der Waals surface area contributed by atoms with Crippen molar-refractivity contribution < 1.29 is 32.2 Å². The van der Waals surface area contributed by atoms with Crippen LogP contribution in [0.25, 0.3) is 0 Å². The monoisotopic (exact) mass is 487 g/mol. The number of esters is 1. The number of benzene rings is 1. The molecule has 0 aliphatic rings. The Kier molecular flexibility index (Phi) is 7.72. The second-order valence-electron chi connectivity index (χ2n) is 6.58. The van der Waals surface area contributed by atoms with Crippen molar-refractivity contribution in [2.24, 2.45) is 0 Å². The third kappa shape index (κ3) is 8.24. The van der Waals surface area contributed by atoms with Gasteiger partial charge >= 0.3 is 18.2 Å². The van der Waals surface area contributed by atoms with Crippen LogP contribution in [0.2, 0.25) is 0 Å². The summed E-state index contributed by atoms with van der Waals surface area (Å²) in [5.74, 6) is -0.697. The second-order valence-corrected chi connectivity index (χ2v) is 8.33. The van der Waals surface area contributed by atoms with E-state index in [-0.39, 0.29) is 6.42 Å². The molecule has 1 aromatic carbocycles. The van der Waals surface area contributed by atoms with E-state index in [0.29, 0.717) is 5.56 Å². The SMILES string of the molecule is CC(I)OC(=O)[C@@H](Cc1ccc(C(F)(F)F)cc1)NC(=O)OC(C)(C)C. The standard InChI is InChI=1S/C17H21F3INO4/c1-10(21)25-14(23)13(22-15(24)26-16(2,3)4)9-11-5-7-12(8-6-11)17(18,19)20/h5-8,10,13H,9H2,1-4H3,(H,22,24)/t10?,13-/m1/s1. The predicted octanol–water partition coefficient (Wildman–Crippen LogP) is 4.47. The summed E-state index contributed by atoms with van der Waals surface area (Å²) in [7, 11) is 0. The number of nitrogens with one attached hydrogen (secondary N) is 1. The van der Waals surface area contributed by atoms with E-state index >= 15 is 0 Å². The van der Waals surface area contributed by atoms with Crippen LogP contribution in [0.1, 0.15) is 38.8 Å². The summed E-state index contributed by atoms with van der Waals surface area (Å²) in [5.41, 5.74) is -1.11. The summed E-state index contributed by atoms with van der Waals surface area (Å²) in [6.07, 6.45) is -5.28. The minimum atomic E-state index is -4.44.